The molecule has 0 aliphatic carbocycles. The van der Waals surface area contributed by atoms with E-state index in [1.807, 2.05) is 0 Å². The van der Waals surface area contributed by atoms with E-state index in [1.54, 1.807) is 26.1 Å². The lowest BCUT2D eigenvalue weighted by molar-refractivity contribution is 0.0696. The third-order valence-electron chi connectivity index (χ3n) is 2.70. The molecule has 1 heterocycles. The molecule has 0 saturated carbocycles. The first-order valence-electron chi connectivity index (χ1n) is 5.73. The number of nitrogens with one attached hydrogen (secondary N) is 1. The van der Waals surface area contributed by atoms with Crippen LogP contribution in [0.15, 0.2) is 28.7 Å². The second kappa shape index (κ2) is 5.46. The van der Waals surface area contributed by atoms with Crippen LogP contribution in [0.5, 0.6) is 0 Å². The van der Waals surface area contributed by atoms with Crippen LogP contribution in [0, 0.1) is 6.92 Å². The lowest BCUT2D eigenvalue weighted by atomic mass is 10.2. The van der Waals surface area contributed by atoms with Crippen molar-refractivity contribution >= 4 is 33.5 Å². The molecule has 20 heavy (non-hydrogen) atoms. The quantitative estimate of drug-likeness (QED) is 0.900. The number of carboxylic acids is 1. The summed E-state index contributed by atoms with van der Waals surface area (Å²) in [7, 11) is 1.67. The summed E-state index contributed by atoms with van der Waals surface area (Å²) in [5.41, 5.74) is 1.63. The minimum Gasteiger partial charge on any atom is -0.478 e. The number of hydrogen-bond acceptors (Lipinski definition) is 3. The van der Waals surface area contributed by atoms with E-state index >= 15 is 0 Å². The number of nitrogens with zero attached hydrogens (tertiary/aromatic N) is 2. The predicted octanol–water partition coefficient (Wildman–Crippen LogP) is 2.44. The summed E-state index contributed by atoms with van der Waals surface area (Å²) in [4.78, 5) is 23.1. The number of hydrogen-bond donors (Lipinski definition) is 2. The smallest absolute Gasteiger partial charge is 0.335 e. The molecule has 0 aliphatic heterocycles. The first-order chi connectivity index (χ1) is 9.38. The molecule has 2 N–H and O–H groups in total. The second-order valence-corrected chi connectivity index (χ2v) is 5.10. The van der Waals surface area contributed by atoms with Crippen LogP contribution in [0.4, 0.5) is 5.69 Å². The predicted molar refractivity (Wildman–Crippen MR) is 77.0 cm³/mol. The van der Waals surface area contributed by atoms with Crippen molar-refractivity contribution < 1.29 is 14.7 Å². The molecule has 0 fully saturated rings. The second-order valence-electron chi connectivity index (χ2n) is 4.25. The van der Waals surface area contributed by atoms with Crippen molar-refractivity contribution in [3.8, 4) is 0 Å². The summed E-state index contributed by atoms with van der Waals surface area (Å²) in [5.74, 6) is -1.40. The van der Waals surface area contributed by atoms with Crippen molar-refractivity contribution in [1.82, 2.24) is 9.78 Å². The van der Waals surface area contributed by atoms with Crippen LogP contribution in [0.1, 0.15) is 26.5 Å². The largest absolute Gasteiger partial charge is 0.478 e. The number of aromatic carboxylic acids is 1. The number of aromatic nitrogens is 2. The Bertz CT molecular complexity index is 694. The zero-order valence-corrected chi connectivity index (χ0v) is 12.4. The molecular formula is C13H12BrN3O3. The Kier molecular flexibility index (Phi) is 3.89. The van der Waals surface area contributed by atoms with Crippen molar-refractivity contribution in [3.05, 3.63) is 45.7 Å². The van der Waals surface area contributed by atoms with Gasteiger partial charge in [-0.15, -0.1) is 0 Å². The zero-order chi connectivity index (χ0) is 14.9. The van der Waals surface area contributed by atoms with Crippen LogP contribution in [0.25, 0.3) is 0 Å². The third kappa shape index (κ3) is 2.88. The Morgan fingerprint density at radius 3 is 2.60 bits per heavy atom. The molecule has 2 aromatic rings. The van der Waals surface area contributed by atoms with Crippen LogP contribution in [-0.4, -0.2) is 26.8 Å². The van der Waals surface area contributed by atoms with Gasteiger partial charge in [-0.25, -0.2) is 4.79 Å². The Hall–Kier alpha value is -2.15. The topological polar surface area (TPSA) is 84.2 Å². The first kappa shape index (κ1) is 14.3. The normalized spacial score (nSPS) is 10.3. The van der Waals surface area contributed by atoms with Gasteiger partial charge in [0, 0.05) is 11.5 Å². The molecule has 0 unspecified atom stereocenters. The number of halogens is 1. The van der Waals surface area contributed by atoms with E-state index in [9.17, 15) is 9.59 Å². The van der Waals surface area contributed by atoms with Gasteiger partial charge in [0.15, 0.2) is 0 Å². The Balaban J connectivity index is 2.30. The standard InChI is InChI=1S/C13H12BrN3O3/c1-7-5-11(17(2)16-7)12(18)15-10-6-8(13(19)20)3-4-9(10)14/h3-6H,1-2H3,(H,15,18)(H,19,20). The molecule has 104 valence electrons. The molecular weight excluding hydrogens is 326 g/mol. The van der Waals surface area contributed by atoms with Gasteiger partial charge in [-0.2, -0.15) is 5.10 Å². The van der Waals surface area contributed by atoms with Gasteiger partial charge in [0.1, 0.15) is 5.69 Å². The summed E-state index contributed by atoms with van der Waals surface area (Å²) in [6.07, 6.45) is 0. The van der Waals surface area contributed by atoms with E-state index in [0.717, 1.165) is 5.69 Å². The fourth-order valence-corrected chi connectivity index (χ4v) is 2.11. The SMILES string of the molecule is Cc1cc(C(=O)Nc2cc(C(=O)O)ccc2Br)n(C)n1. The highest BCUT2D eigenvalue weighted by Crippen LogP contribution is 2.24. The van der Waals surface area contributed by atoms with E-state index in [0.29, 0.717) is 15.9 Å². The number of carboxylic acid groups (broad SMARTS) is 1. The lowest BCUT2D eigenvalue weighted by Crippen LogP contribution is -2.16. The average Bonchev–Trinajstić information content (AvgIpc) is 2.71. The van der Waals surface area contributed by atoms with E-state index in [2.05, 4.69) is 26.3 Å². The maximum atomic E-state index is 12.1. The number of anilines is 1. The highest BCUT2D eigenvalue weighted by molar-refractivity contribution is 9.10. The van der Waals surface area contributed by atoms with E-state index in [1.165, 1.54) is 16.8 Å². The lowest BCUT2D eigenvalue weighted by Gasteiger charge is -2.08. The molecule has 0 aliphatic rings. The van der Waals surface area contributed by atoms with Gasteiger partial charge in [0.2, 0.25) is 0 Å². The number of carbonyl (C=O) groups is 2. The van der Waals surface area contributed by atoms with Gasteiger partial charge in [-0.3, -0.25) is 9.48 Å². The Labute approximate surface area is 123 Å². The summed E-state index contributed by atoms with van der Waals surface area (Å²) < 4.78 is 2.08. The summed E-state index contributed by atoms with van der Waals surface area (Å²) >= 11 is 3.27. The minimum absolute atomic E-state index is 0.102. The summed E-state index contributed by atoms with van der Waals surface area (Å²) in [6, 6.07) is 6.09. The number of amides is 1. The Morgan fingerprint density at radius 1 is 1.35 bits per heavy atom. The molecule has 0 bridgehead atoms. The van der Waals surface area contributed by atoms with E-state index < -0.39 is 5.97 Å². The molecule has 1 amide bonds. The zero-order valence-electron chi connectivity index (χ0n) is 10.8. The van der Waals surface area contributed by atoms with Crippen molar-refractivity contribution in [2.24, 2.45) is 7.05 Å². The van der Waals surface area contributed by atoms with Crippen LogP contribution in [-0.2, 0) is 7.05 Å². The molecule has 0 saturated heterocycles. The van der Waals surface area contributed by atoms with Crippen LogP contribution < -0.4 is 5.32 Å². The fraction of sp³-hybridized carbons (Fsp3) is 0.154. The molecule has 0 spiro atoms. The molecule has 1 aromatic carbocycles. The first-order valence-corrected chi connectivity index (χ1v) is 6.52. The fourth-order valence-electron chi connectivity index (χ4n) is 1.76. The molecule has 6 nitrogen and oxygen atoms in total. The van der Waals surface area contributed by atoms with Crippen LogP contribution >= 0.6 is 15.9 Å². The monoisotopic (exact) mass is 337 g/mol. The van der Waals surface area contributed by atoms with Gasteiger partial charge in [-0.1, -0.05) is 0 Å². The van der Waals surface area contributed by atoms with Gasteiger partial charge < -0.3 is 10.4 Å². The van der Waals surface area contributed by atoms with Crippen molar-refractivity contribution in [3.63, 3.8) is 0 Å². The van der Waals surface area contributed by atoms with Gasteiger partial charge in [0.25, 0.3) is 5.91 Å². The summed E-state index contributed by atoms with van der Waals surface area (Å²) in [6.45, 7) is 1.79. The maximum Gasteiger partial charge on any atom is 0.335 e. The maximum absolute atomic E-state index is 12.1. The number of benzene rings is 1. The van der Waals surface area contributed by atoms with Crippen molar-refractivity contribution in [2.45, 2.75) is 6.92 Å². The highest BCUT2D eigenvalue weighted by Gasteiger charge is 2.14. The Morgan fingerprint density at radius 2 is 2.05 bits per heavy atom. The van der Waals surface area contributed by atoms with E-state index in [4.69, 9.17) is 5.11 Å². The number of carbonyl (C=O) groups excluding carboxylic acids is 1. The minimum atomic E-state index is -1.05. The van der Waals surface area contributed by atoms with Crippen molar-refractivity contribution in [1.29, 1.82) is 0 Å². The highest BCUT2D eigenvalue weighted by atomic mass is 79.9. The molecule has 1 aromatic heterocycles. The van der Waals surface area contributed by atoms with Crippen LogP contribution in [0.2, 0.25) is 0 Å². The molecule has 0 atom stereocenters. The third-order valence-corrected chi connectivity index (χ3v) is 3.39. The molecule has 7 heteroatoms. The molecule has 0 radical (unpaired) electrons. The summed E-state index contributed by atoms with van der Waals surface area (Å²) in [5, 5.41) is 15.7. The number of rotatable bonds is 3. The van der Waals surface area contributed by atoms with Gasteiger partial charge in [-0.05, 0) is 47.1 Å². The average molecular weight is 338 g/mol. The number of aryl methyl sites for hydroxylation is 2. The van der Waals surface area contributed by atoms with Crippen LogP contribution in [0.3, 0.4) is 0 Å². The van der Waals surface area contributed by atoms with Gasteiger partial charge >= 0.3 is 5.97 Å². The molecule has 2 rings (SSSR count). The van der Waals surface area contributed by atoms with Gasteiger partial charge in [0.05, 0.1) is 16.9 Å². The van der Waals surface area contributed by atoms with Crippen molar-refractivity contribution in [2.75, 3.05) is 5.32 Å². The van der Waals surface area contributed by atoms with E-state index in [-0.39, 0.29) is 11.5 Å².